The van der Waals surface area contributed by atoms with Gasteiger partial charge in [0.25, 0.3) is 5.09 Å². The first-order valence-corrected chi connectivity index (χ1v) is 3.55. The van der Waals surface area contributed by atoms with Crippen molar-refractivity contribution in [3.63, 3.8) is 0 Å². The van der Waals surface area contributed by atoms with Gasteiger partial charge < -0.3 is 4.84 Å². The Balaban J connectivity index is 2.04. The van der Waals surface area contributed by atoms with Crippen molar-refractivity contribution >= 4 is 0 Å². The third kappa shape index (κ3) is 2.89. The molecule has 1 aliphatic rings. The number of rotatable bonds is 4. The summed E-state index contributed by atoms with van der Waals surface area (Å²) in [5.74, 6) is 6.23. The van der Waals surface area contributed by atoms with E-state index < -0.39 is 5.09 Å². The number of hydrogen-bond acceptors (Lipinski definition) is 3. The van der Waals surface area contributed by atoms with Gasteiger partial charge in [0.05, 0.1) is 6.61 Å². The average Bonchev–Trinajstić information content (AvgIpc) is 2.39. The van der Waals surface area contributed by atoms with E-state index in [9.17, 15) is 10.1 Å². The van der Waals surface area contributed by atoms with E-state index in [0.29, 0.717) is 12.3 Å². The Morgan fingerprint density at radius 1 is 1.73 bits per heavy atom. The van der Waals surface area contributed by atoms with Gasteiger partial charge in [0.1, 0.15) is 0 Å². The minimum atomic E-state index is -0.762. The fourth-order valence-corrected chi connectivity index (χ4v) is 1.02. The van der Waals surface area contributed by atoms with Gasteiger partial charge in [0, 0.05) is 12.3 Å². The fourth-order valence-electron chi connectivity index (χ4n) is 1.02. The van der Waals surface area contributed by atoms with Gasteiger partial charge >= 0.3 is 0 Å². The van der Waals surface area contributed by atoms with Gasteiger partial charge in [0.15, 0.2) is 0 Å². The molecular formula is C7H9NO3. The van der Waals surface area contributed by atoms with Gasteiger partial charge in [-0.05, 0) is 12.8 Å². The van der Waals surface area contributed by atoms with Crippen LogP contribution < -0.4 is 0 Å². The molecule has 0 heterocycles. The lowest BCUT2D eigenvalue weighted by Crippen LogP contribution is -2.05. The first-order valence-electron chi connectivity index (χ1n) is 3.55. The molecule has 0 spiro atoms. The summed E-state index contributed by atoms with van der Waals surface area (Å²) in [4.78, 5) is 13.9. The Kier molecular flexibility index (Phi) is 2.73. The van der Waals surface area contributed by atoms with Crippen molar-refractivity contribution in [2.45, 2.75) is 19.3 Å². The van der Waals surface area contributed by atoms with Crippen LogP contribution >= 0.6 is 0 Å². The summed E-state index contributed by atoms with van der Waals surface area (Å²) in [6.45, 7) is 0.173. The summed E-state index contributed by atoms with van der Waals surface area (Å²) in [5.41, 5.74) is 0. The molecule has 0 N–H and O–H groups in total. The summed E-state index contributed by atoms with van der Waals surface area (Å²) in [7, 11) is 0. The predicted octanol–water partition coefficient (Wildman–Crippen LogP) is 0.998. The Hall–Kier alpha value is -1.24. The highest BCUT2D eigenvalue weighted by Crippen LogP contribution is 2.14. The monoisotopic (exact) mass is 155 g/mol. The van der Waals surface area contributed by atoms with Crippen molar-refractivity contribution in [1.29, 1.82) is 0 Å². The van der Waals surface area contributed by atoms with E-state index >= 15 is 0 Å². The van der Waals surface area contributed by atoms with E-state index in [1.165, 1.54) is 0 Å². The molecule has 0 radical (unpaired) electrons. The van der Waals surface area contributed by atoms with Gasteiger partial charge in [-0.3, -0.25) is 0 Å². The van der Waals surface area contributed by atoms with Crippen LogP contribution in [-0.2, 0) is 4.84 Å². The molecule has 0 saturated heterocycles. The largest absolute Gasteiger partial charge is 0.314 e. The van der Waals surface area contributed by atoms with Crippen molar-refractivity contribution in [3.05, 3.63) is 10.1 Å². The second-order valence-corrected chi connectivity index (χ2v) is 2.40. The van der Waals surface area contributed by atoms with Gasteiger partial charge in [-0.1, -0.05) is 5.92 Å². The molecule has 1 atom stereocenters. The van der Waals surface area contributed by atoms with Crippen LogP contribution in [0.5, 0.6) is 0 Å². The lowest BCUT2D eigenvalue weighted by Gasteiger charge is -2.02. The molecule has 0 saturated carbocycles. The fraction of sp³-hybridized carbons (Fsp3) is 0.714. The predicted molar refractivity (Wildman–Crippen MR) is 38.1 cm³/mol. The van der Waals surface area contributed by atoms with E-state index in [-0.39, 0.29) is 6.61 Å². The molecule has 0 aliphatic heterocycles. The standard InChI is InChI=1S/C7H9NO3/c9-8(10)11-6-5-7-3-1-2-4-7/h7H,1,3,5-6H2. The van der Waals surface area contributed by atoms with Crippen LogP contribution in [0.4, 0.5) is 0 Å². The van der Waals surface area contributed by atoms with Crippen LogP contribution in [0.1, 0.15) is 19.3 Å². The van der Waals surface area contributed by atoms with Crippen molar-refractivity contribution in [2.75, 3.05) is 6.61 Å². The summed E-state index contributed by atoms with van der Waals surface area (Å²) >= 11 is 0. The van der Waals surface area contributed by atoms with Crippen LogP contribution in [-0.4, -0.2) is 11.7 Å². The molecule has 4 heteroatoms. The zero-order valence-corrected chi connectivity index (χ0v) is 6.08. The molecule has 4 nitrogen and oxygen atoms in total. The van der Waals surface area contributed by atoms with Crippen LogP contribution in [0.3, 0.4) is 0 Å². The first kappa shape index (κ1) is 7.86. The molecule has 0 aromatic rings. The van der Waals surface area contributed by atoms with Crippen LogP contribution in [0, 0.1) is 27.9 Å². The Morgan fingerprint density at radius 3 is 3.09 bits per heavy atom. The molecule has 0 fully saturated rings. The molecule has 11 heavy (non-hydrogen) atoms. The molecule has 1 unspecified atom stereocenters. The van der Waals surface area contributed by atoms with E-state index in [0.717, 1.165) is 12.8 Å². The minimum absolute atomic E-state index is 0.173. The first-order chi connectivity index (χ1) is 5.29. The molecular weight excluding hydrogens is 146 g/mol. The third-order valence-corrected chi connectivity index (χ3v) is 1.59. The Morgan fingerprint density at radius 2 is 2.55 bits per heavy atom. The van der Waals surface area contributed by atoms with Crippen molar-refractivity contribution in [2.24, 2.45) is 5.92 Å². The van der Waals surface area contributed by atoms with Crippen molar-refractivity contribution in [3.8, 4) is 11.8 Å². The Bertz CT molecular complexity index is 203. The summed E-state index contributed by atoms with van der Waals surface area (Å²) in [5, 5.41) is 8.96. The number of nitrogens with zero attached hydrogens (tertiary/aromatic N) is 1. The van der Waals surface area contributed by atoms with Crippen LogP contribution in [0.15, 0.2) is 0 Å². The zero-order valence-electron chi connectivity index (χ0n) is 6.08. The zero-order chi connectivity index (χ0) is 8.10. The maximum atomic E-state index is 9.72. The van der Waals surface area contributed by atoms with Crippen molar-refractivity contribution in [1.82, 2.24) is 0 Å². The lowest BCUT2D eigenvalue weighted by molar-refractivity contribution is -0.758. The normalized spacial score (nSPS) is 20.5. The highest BCUT2D eigenvalue weighted by molar-refractivity contribution is 5.10. The topological polar surface area (TPSA) is 52.4 Å². The van der Waals surface area contributed by atoms with Crippen molar-refractivity contribution < 1.29 is 9.92 Å². The molecule has 0 aromatic carbocycles. The maximum absolute atomic E-state index is 9.72. The molecule has 0 bridgehead atoms. The van der Waals surface area contributed by atoms with Gasteiger partial charge in [-0.25, -0.2) is 0 Å². The number of hydrogen-bond donors (Lipinski definition) is 0. The summed E-state index contributed by atoms with van der Waals surface area (Å²) in [6.07, 6.45) is 2.60. The summed E-state index contributed by atoms with van der Waals surface area (Å²) in [6, 6.07) is 0. The second kappa shape index (κ2) is 3.81. The maximum Gasteiger partial charge on any atom is 0.294 e. The average molecular weight is 155 g/mol. The van der Waals surface area contributed by atoms with E-state index in [1.807, 2.05) is 0 Å². The lowest BCUT2D eigenvalue weighted by atomic mass is 10.1. The molecule has 1 aliphatic carbocycles. The van der Waals surface area contributed by atoms with Gasteiger partial charge in [-0.15, -0.1) is 16.0 Å². The molecule has 60 valence electrons. The van der Waals surface area contributed by atoms with Gasteiger partial charge in [-0.2, -0.15) is 0 Å². The molecule has 0 amide bonds. The Labute approximate surface area is 64.6 Å². The van der Waals surface area contributed by atoms with Gasteiger partial charge in [0.2, 0.25) is 0 Å². The van der Waals surface area contributed by atoms with Crippen LogP contribution in [0.2, 0.25) is 0 Å². The SMILES string of the molecule is O=[N+]([O-])OCCC1C#CCC1. The highest BCUT2D eigenvalue weighted by atomic mass is 16.9. The van der Waals surface area contributed by atoms with E-state index in [4.69, 9.17) is 0 Å². The second-order valence-electron chi connectivity index (χ2n) is 2.40. The quantitative estimate of drug-likeness (QED) is 0.345. The smallest absolute Gasteiger partial charge is 0.294 e. The minimum Gasteiger partial charge on any atom is -0.314 e. The third-order valence-electron chi connectivity index (χ3n) is 1.59. The molecule has 1 rings (SSSR count). The van der Waals surface area contributed by atoms with Crippen LogP contribution in [0.25, 0.3) is 0 Å². The highest BCUT2D eigenvalue weighted by Gasteiger charge is 2.08. The summed E-state index contributed by atoms with van der Waals surface area (Å²) < 4.78 is 0. The van der Waals surface area contributed by atoms with E-state index in [2.05, 4.69) is 16.7 Å². The molecule has 0 aromatic heterocycles. The van der Waals surface area contributed by atoms with E-state index in [1.54, 1.807) is 0 Å².